The smallest absolute Gasteiger partial charge is 0.131 e. The Hall–Kier alpha value is -3.60. The Bertz CT molecular complexity index is 1040. The number of hydrogen-bond donors (Lipinski definition) is 0. The lowest BCUT2D eigenvalue weighted by Gasteiger charge is -2.17. The van der Waals surface area contributed by atoms with Crippen molar-refractivity contribution in [2.24, 2.45) is 0 Å². The molecule has 29 heavy (non-hydrogen) atoms. The van der Waals surface area contributed by atoms with E-state index in [-0.39, 0.29) is 0 Å². The zero-order chi connectivity index (χ0) is 20.6. The van der Waals surface area contributed by atoms with Gasteiger partial charge in [0.1, 0.15) is 11.5 Å². The van der Waals surface area contributed by atoms with Crippen molar-refractivity contribution in [3.05, 3.63) is 78.2 Å². The number of hydrogen-bond acceptors (Lipinski definition) is 5. The molecule has 0 amide bonds. The largest absolute Gasteiger partial charge is 0.496 e. The van der Waals surface area contributed by atoms with Crippen LogP contribution in [0.4, 0.5) is 5.69 Å². The minimum absolute atomic E-state index is 0.764. The Morgan fingerprint density at radius 1 is 0.828 bits per heavy atom. The van der Waals surface area contributed by atoms with Crippen LogP contribution in [0.3, 0.4) is 0 Å². The molecule has 0 spiro atoms. The standard InChI is InChI=1S/C24H25N3O2/c1-27(2)19-15-23(28-3)20(24(16-19)29-4)12-8-6-5-7-11-18-17-25-21-13-9-10-14-22(21)26-18/h5-17H,1-4H3/b6-5+,11-7+,12-8+. The maximum atomic E-state index is 5.54. The third-order valence-electron chi connectivity index (χ3n) is 4.38. The number of anilines is 1. The Morgan fingerprint density at radius 3 is 2.07 bits per heavy atom. The topological polar surface area (TPSA) is 47.5 Å². The lowest BCUT2D eigenvalue weighted by atomic mass is 10.1. The van der Waals surface area contributed by atoms with E-state index < -0.39 is 0 Å². The van der Waals surface area contributed by atoms with Crippen molar-refractivity contribution in [2.45, 2.75) is 0 Å². The highest BCUT2D eigenvalue weighted by atomic mass is 16.5. The first-order valence-electron chi connectivity index (χ1n) is 9.29. The molecule has 5 nitrogen and oxygen atoms in total. The van der Waals surface area contributed by atoms with Gasteiger partial charge in [-0.1, -0.05) is 36.4 Å². The number of benzene rings is 2. The molecule has 5 heteroatoms. The number of allylic oxidation sites excluding steroid dienone is 4. The number of nitrogens with zero attached hydrogens (tertiary/aromatic N) is 3. The van der Waals surface area contributed by atoms with Crippen LogP contribution in [0.25, 0.3) is 23.2 Å². The minimum atomic E-state index is 0.764. The molecule has 1 heterocycles. The van der Waals surface area contributed by atoms with Gasteiger partial charge in [0.25, 0.3) is 0 Å². The summed E-state index contributed by atoms with van der Waals surface area (Å²) in [5, 5.41) is 0. The van der Waals surface area contributed by atoms with Crippen LogP contribution in [0.15, 0.2) is 66.9 Å². The average molecular weight is 387 g/mol. The van der Waals surface area contributed by atoms with Crippen molar-refractivity contribution in [1.29, 1.82) is 0 Å². The van der Waals surface area contributed by atoms with E-state index in [9.17, 15) is 0 Å². The predicted molar refractivity (Wildman–Crippen MR) is 121 cm³/mol. The van der Waals surface area contributed by atoms with E-state index in [1.807, 2.05) is 91.8 Å². The van der Waals surface area contributed by atoms with Crippen molar-refractivity contribution in [2.75, 3.05) is 33.2 Å². The molecule has 0 atom stereocenters. The van der Waals surface area contributed by atoms with Crippen LogP contribution in [0, 0.1) is 0 Å². The zero-order valence-corrected chi connectivity index (χ0v) is 17.2. The number of ether oxygens (including phenoxy) is 2. The highest BCUT2D eigenvalue weighted by Crippen LogP contribution is 2.34. The first-order valence-corrected chi connectivity index (χ1v) is 9.29. The van der Waals surface area contributed by atoms with Crippen LogP contribution < -0.4 is 14.4 Å². The fourth-order valence-electron chi connectivity index (χ4n) is 2.83. The molecule has 0 aliphatic rings. The lowest BCUT2D eigenvalue weighted by molar-refractivity contribution is 0.393. The van der Waals surface area contributed by atoms with Gasteiger partial charge in [-0.15, -0.1) is 0 Å². The monoisotopic (exact) mass is 387 g/mol. The van der Waals surface area contributed by atoms with Crippen molar-refractivity contribution >= 4 is 28.9 Å². The highest BCUT2D eigenvalue weighted by Gasteiger charge is 2.10. The van der Waals surface area contributed by atoms with E-state index in [1.165, 1.54) is 0 Å². The summed E-state index contributed by atoms with van der Waals surface area (Å²) < 4.78 is 11.1. The molecule has 0 aliphatic heterocycles. The maximum Gasteiger partial charge on any atom is 0.131 e. The van der Waals surface area contributed by atoms with E-state index in [1.54, 1.807) is 20.4 Å². The first kappa shape index (κ1) is 20.1. The van der Waals surface area contributed by atoms with Gasteiger partial charge in [-0.05, 0) is 24.3 Å². The van der Waals surface area contributed by atoms with Crippen LogP contribution in [0.2, 0.25) is 0 Å². The summed E-state index contributed by atoms with van der Waals surface area (Å²) in [7, 11) is 7.29. The van der Waals surface area contributed by atoms with Gasteiger partial charge in [-0.3, -0.25) is 4.98 Å². The SMILES string of the molecule is COc1cc(N(C)C)cc(OC)c1/C=C/C=C/C=C/c1cnc2ccccc2n1. The van der Waals surface area contributed by atoms with Crippen molar-refractivity contribution in [3.63, 3.8) is 0 Å². The second-order valence-corrected chi connectivity index (χ2v) is 6.55. The van der Waals surface area contributed by atoms with Crippen LogP contribution in [-0.2, 0) is 0 Å². The average Bonchev–Trinajstić information content (AvgIpc) is 2.75. The maximum absolute atomic E-state index is 5.54. The molecule has 2 aromatic carbocycles. The van der Waals surface area contributed by atoms with Crippen molar-refractivity contribution in [1.82, 2.24) is 9.97 Å². The summed E-state index contributed by atoms with van der Waals surface area (Å²) in [6, 6.07) is 11.8. The normalized spacial score (nSPS) is 11.7. The van der Waals surface area contributed by atoms with E-state index in [2.05, 4.69) is 9.97 Å². The van der Waals surface area contributed by atoms with E-state index in [0.29, 0.717) is 0 Å². The second-order valence-electron chi connectivity index (χ2n) is 6.55. The summed E-state index contributed by atoms with van der Waals surface area (Å²) in [6.45, 7) is 0. The molecule has 3 aromatic rings. The molecule has 148 valence electrons. The minimum Gasteiger partial charge on any atom is -0.496 e. The zero-order valence-electron chi connectivity index (χ0n) is 17.2. The van der Waals surface area contributed by atoms with Crippen LogP contribution in [0.5, 0.6) is 11.5 Å². The predicted octanol–water partition coefficient (Wildman–Crippen LogP) is 5.00. The van der Waals surface area contributed by atoms with Crippen LogP contribution >= 0.6 is 0 Å². The molecule has 0 radical (unpaired) electrons. The molecule has 0 saturated heterocycles. The van der Waals surface area contributed by atoms with Gasteiger partial charge < -0.3 is 14.4 Å². The third kappa shape index (κ3) is 5.02. The molecular formula is C24H25N3O2. The van der Waals surface area contributed by atoms with E-state index >= 15 is 0 Å². The Labute approximate surface area is 171 Å². The fraction of sp³-hybridized carbons (Fsp3) is 0.167. The molecule has 1 aromatic heterocycles. The van der Waals surface area contributed by atoms with Gasteiger partial charge in [0, 0.05) is 31.9 Å². The quantitative estimate of drug-likeness (QED) is 0.534. The van der Waals surface area contributed by atoms with E-state index in [0.717, 1.165) is 39.5 Å². The first-order chi connectivity index (χ1) is 14.1. The number of para-hydroxylation sites is 2. The molecule has 0 fully saturated rings. The molecule has 0 N–H and O–H groups in total. The third-order valence-corrected chi connectivity index (χ3v) is 4.38. The molecule has 0 bridgehead atoms. The summed E-state index contributed by atoms with van der Waals surface area (Å²) in [4.78, 5) is 11.0. The molecule has 0 unspecified atom stereocenters. The van der Waals surface area contributed by atoms with Gasteiger partial charge in [0.2, 0.25) is 0 Å². The highest BCUT2D eigenvalue weighted by molar-refractivity contribution is 5.75. The number of methoxy groups -OCH3 is 2. The van der Waals surface area contributed by atoms with Gasteiger partial charge in [-0.2, -0.15) is 0 Å². The fourth-order valence-corrected chi connectivity index (χ4v) is 2.83. The van der Waals surface area contributed by atoms with Gasteiger partial charge >= 0.3 is 0 Å². The molecule has 0 saturated carbocycles. The van der Waals surface area contributed by atoms with Crippen molar-refractivity contribution < 1.29 is 9.47 Å². The Morgan fingerprint density at radius 2 is 1.45 bits per heavy atom. The van der Waals surface area contributed by atoms with Crippen LogP contribution in [-0.4, -0.2) is 38.3 Å². The second kappa shape index (κ2) is 9.55. The number of fused-ring (bicyclic) bond motifs is 1. The number of aromatic nitrogens is 2. The number of rotatable bonds is 7. The van der Waals surface area contributed by atoms with Crippen LogP contribution in [0.1, 0.15) is 11.3 Å². The van der Waals surface area contributed by atoms with E-state index in [4.69, 9.17) is 9.47 Å². The Balaban J connectivity index is 1.73. The molecule has 3 rings (SSSR count). The summed E-state index contributed by atoms with van der Waals surface area (Å²) in [5.41, 5.74) is 4.52. The summed E-state index contributed by atoms with van der Waals surface area (Å²) in [6.07, 6.45) is 13.4. The summed E-state index contributed by atoms with van der Waals surface area (Å²) in [5.74, 6) is 1.53. The van der Waals surface area contributed by atoms with Crippen molar-refractivity contribution in [3.8, 4) is 11.5 Å². The van der Waals surface area contributed by atoms with Gasteiger partial charge in [0.15, 0.2) is 0 Å². The summed E-state index contributed by atoms with van der Waals surface area (Å²) >= 11 is 0. The lowest BCUT2D eigenvalue weighted by Crippen LogP contribution is -2.09. The molecule has 0 aliphatic carbocycles. The van der Waals surface area contributed by atoms with Gasteiger partial charge in [0.05, 0.1) is 42.7 Å². The Kier molecular flexibility index (Phi) is 6.63. The van der Waals surface area contributed by atoms with Gasteiger partial charge in [-0.25, -0.2) is 4.98 Å². The molecular weight excluding hydrogens is 362 g/mol.